The summed E-state index contributed by atoms with van der Waals surface area (Å²) in [6.07, 6.45) is 1.30. The molecule has 0 saturated heterocycles. The summed E-state index contributed by atoms with van der Waals surface area (Å²) in [6, 6.07) is 13.4. The molecule has 3 aromatic carbocycles. The Balaban J connectivity index is 1.97. The van der Waals surface area contributed by atoms with Crippen LogP contribution in [-0.2, 0) is 4.79 Å². The molecule has 0 unspecified atom stereocenters. The molecule has 4 aromatic rings. The van der Waals surface area contributed by atoms with Crippen LogP contribution in [0.4, 0.5) is 5.69 Å². The molecule has 1 heterocycles. The second-order valence-corrected chi connectivity index (χ2v) is 9.53. The van der Waals surface area contributed by atoms with Crippen molar-refractivity contribution in [2.24, 2.45) is 5.10 Å². The average Bonchev–Trinajstić information content (AvgIpc) is 2.93. The first-order valence-electron chi connectivity index (χ1n) is 12.9. The van der Waals surface area contributed by atoms with Crippen LogP contribution in [0.1, 0.15) is 50.3 Å². The zero-order chi connectivity index (χ0) is 29.8. The zero-order valence-electron chi connectivity index (χ0n) is 23.6. The molecule has 0 atom stereocenters. The van der Waals surface area contributed by atoms with Gasteiger partial charge in [0.2, 0.25) is 5.75 Å². The van der Waals surface area contributed by atoms with Gasteiger partial charge in [-0.2, -0.15) is 9.78 Å². The summed E-state index contributed by atoms with van der Waals surface area (Å²) in [4.78, 5) is 41.3. The van der Waals surface area contributed by atoms with Crippen LogP contribution in [0, 0.1) is 17.0 Å². The van der Waals surface area contributed by atoms with Crippen LogP contribution in [0.15, 0.2) is 58.4 Å². The second kappa shape index (κ2) is 12.0. The Kier molecular flexibility index (Phi) is 8.46. The molecular formula is C30H30N4O7. The number of ether oxygens (including phenoxy) is 3. The van der Waals surface area contributed by atoms with E-state index in [1.54, 1.807) is 38.3 Å². The first-order chi connectivity index (χ1) is 19.5. The highest BCUT2D eigenvalue weighted by molar-refractivity contribution is 5.85. The molecule has 0 aliphatic carbocycles. The molecule has 11 heteroatoms. The molecule has 0 amide bonds. The van der Waals surface area contributed by atoms with Crippen molar-refractivity contribution in [2.75, 3.05) is 13.7 Å². The minimum Gasteiger partial charge on any atom is -0.496 e. The van der Waals surface area contributed by atoms with Gasteiger partial charge in [-0.3, -0.25) is 19.7 Å². The lowest BCUT2D eigenvalue weighted by atomic mass is 9.96. The van der Waals surface area contributed by atoms with Crippen LogP contribution in [0.25, 0.3) is 22.3 Å². The van der Waals surface area contributed by atoms with Gasteiger partial charge >= 0.3 is 11.7 Å². The number of methoxy groups -OCH3 is 1. The highest BCUT2D eigenvalue weighted by Gasteiger charge is 2.24. The van der Waals surface area contributed by atoms with Gasteiger partial charge in [-0.25, -0.2) is 4.98 Å². The van der Waals surface area contributed by atoms with Crippen LogP contribution < -0.4 is 19.8 Å². The largest absolute Gasteiger partial charge is 0.496 e. The minimum atomic E-state index is -0.732. The number of hydrogen-bond donors (Lipinski definition) is 0. The summed E-state index contributed by atoms with van der Waals surface area (Å²) in [6.45, 7) is 8.97. The predicted molar refractivity (Wildman–Crippen MR) is 155 cm³/mol. The summed E-state index contributed by atoms with van der Waals surface area (Å²) in [7, 11) is 1.61. The molecule has 11 nitrogen and oxygen atoms in total. The quantitative estimate of drug-likeness (QED) is 0.0849. The topological polar surface area (TPSA) is 135 Å². The summed E-state index contributed by atoms with van der Waals surface area (Å²) in [5.74, 6) is 0.106. The molecule has 0 saturated carbocycles. The number of carbonyl (C=O) groups is 1. The molecule has 0 radical (unpaired) electrons. The van der Waals surface area contributed by atoms with Crippen molar-refractivity contribution >= 4 is 28.8 Å². The Bertz CT molecular complexity index is 1740. The van der Waals surface area contributed by atoms with Crippen molar-refractivity contribution in [1.82, 2.24) is 9.66 Å². The maximum Gasteiger partial charge on any atom is 0.316 e. The first-order valence-corrected chi connectivity index (χ1v) is 12.9. The fourth-order valence-electron chi connectivity index (χ4n) is 4.42. The van der Waals surface area contributed by atoms with E-state index in [9.17, 15) is 19.7 Å². The molecule has 0 N–H and O–H groups in total. The molecule has 0 spiro atoms. The number of hydrogen-bond acceptors (Lipinski definition) is 9. The first kappa shape index (κ1) is 28.9. The van der Waals surface area contributed by atoms with Crippen molar-refractivity contribution in [3.8, 4) is 28.6 Å². The van der Waals surface area contributed by atoms with Crippen LogP contribution in [-0.4, -0.2) is 40.5 Å². The van der Waals surface area contributed by atoms with E-state index in [1.807, 2.05) is 32.9 Å². The monoisotopic (exact) mass is 558 g/mol. The van der Waals surface area contributed by atoms with E-state index in [-0.39, 0.29) is 29.6 Å². The Morgan fingerprint density at radius 1 is 1.17 bits per heavy atom. The van der Waals surface area contributed by atoms with E-state index in [2.05, 4.69) is 5.10 Å². The molecule has 1 aromatic heterocycles. The van der Waals surface area contributed by atoms with Gasteiger partial charge in [-0.15, -0.1) is 0 Å². The van der Waals surface area contributed by atoms with Crippen LogP contribution in [0.5, 0.6) is 17.2 Å². The number of nitro groups is 1. The number of rotatable bonds is 9. The van der Waals surface area contributed by atoms with Gasteiger partial charge in [0.25, 0.3) is 5.56 Å². The molecule has 212 valence electrons. The number of carbonyl (C=O) groups excluding carboxylic acids is 1. The van der Waals surface area contributed by atoms with E-state index in [1.165, 1.54) is 23.0 Å². The van der Waals surface area contributed by atoms with Crippen molar-refractivity contribution in [3.63, 3.8) is 0 Å². The number of benzene rings is 3. The van der Waals surface area contributed by atoms with Gasteiger partial charge in [0.15, 0.2) is 11.6 Å². The van der Waals surface area contributed by atoms with E-state index in [0.717, 1.165) is 23.8 Å². The summed E-state index contributed by atoms with van der Waals surface area (Å²) >= 11 is 0. The van der Waals surface area contributed by atoms with Gasteiger partial charge in [0, 0.05) is 24.1 Å². The third-order valence-electron chi connectivity index (χ3n) is 6.32. The smallest absolute Gasteiger partial charge is 0.316 e. The van der Waals surface area contributed by atoms with Gasteiger partial charge in [-0.1, -0.05) is 26.0 Å². The fraction of sp³-hybridized carbons (Fsp3) is 0.267. The normalized spacial score (nSPS) is 11.3. The Morgan fingerprint density at radius 2 is 1.90 bits per heavy atom. The third-order valence-corrected chi connectivity index (χ3v) is 6.32. The number of nitrogens with zero attached hydrogens (tertiary/aromatic N) is 4. The zero-order valence-corrected chi connectivity index (χ0v) is 23.6. The molecular weight excluding hydrogens is 528 g/mol. The van der Waals surface area contributed by atoms with E-state index >= 15 is 0 Å². The predicted octanol–water partition coefficient (Wildman–Crippen LogP) is 5.62. The molecule has 0 bridgehead atoms. The van der Waals surface area contributed by atoms with E-state index in [4.69, 9.17) is 19.2 Å². The lowest BCUT2D eigenvalue weighted by molar-refractivity contribution is -0.385. The number of fused-ring (bicyclic) bond motifs is 1. The Hall–Kier alpha value is -5.06. The number of aryl methyl sites for hydroxylation is 1. The molecule has 0 fully saturated rings. The molecule has 4 rings (SSSR count). The van der Waals surface area contributed by atoms with Crippen molar-refractivity contribution in [1.29, 1.82) is 0 Å². The van der Waals surface area contributed by atoms with Crippen LogP contribution >= 0.6 is 0 Å². The number of nitro benzene ring substituents is 1. The SMILES string of the molecule is CCOc1cc(C=Nn2c(-c3cc(C(C)C)c(OC)cc3C)nc3ccccc3c2=O)cc([N+](=O)[O-])c1OC(C)=O. The Morgan fingerprint density at radius 3 is 2.54 bits per heavy atom. The maximum absolute atomic E-state index is 13.7. The summed E-state index contributed by atoms with van der Waals surface area (Å²) in [5.41, 5.74) is 2.28. The highest BCUT2D eigenvalue weighted by Crippen LogP contribution is 2.38. The lowest BCUT2D eigenvalue weighted by Gasteiger charge is -2.17. The van der Waals surface area contributed by atoms with E-state index < -0.39 is 22.1 Å². The van der Waals surface area contributed by atoms with Crippen LogP contribution in [0.3, 0.4) is 0 Å². The second-order valence-electron chi connectivity index (χ2n) is 9.53. The van der Waals surface area contributed by atoms with Crippen molar-refractivity contribution < 1.29 is 23.9 Å². The lowest BCUT2D eigenvalue weighted by Crippen LogP contribution is -2.21. The standard InChI is InChI=1S/C30H30N4O7/c1-7-40-27-14-20(13-25(34(37)38)28(27)41-19(5)35)16-31-33-29(32-24-11-9-8-10-21(24)30(33)36)23-15-22(17(2)3)26(39-6)12-18(23)4/h8-17H,7H2,1-6H3. The maximum atomic E-state index is 13.7. The molecule has 41 heavy (non-hydrogen) atoms. The average molecular weight is 559 g/mol. The third kappa shape index (κ3) is 5.93. The minimum absolute atomic E-state index is 0.00451. The Labute approximate surface area is 236 Å². The molecule has 0 aliphatic rings. The van der Waals surface area contributed by atoms with Crippen LogP contribution in [0.2, 0.25) is 0 Å². The number of para-hydroxylation sites is 1. The van der Waals surface area contributed by atoms with Crippen molar-refractivity contribution in [3.05, 3.63) is 85.7 Å². The fourth-order valence-corrected chi connectivity index (χ4v) is 4.42. The van der Waals surface area contributed by atoms with Crippen molar-refractivity contribution in [2.45, 2.75) is 40.5 Å². The van der Waals surface area contributed by atoms with Gasteiger partial charge < -0.3 is 14.2 Å². The van der Waals surface area contributed by atoms with Gasteiger partial charge in [0.05, 0.1) is 35.8 Å². The number of aromatic nitrogens is 2. The molecule has 0 aliphatic heterocycles. The number of esters is 1. The summed E-state index contributed by atoms with van der Waals surface area (Å²) < 4.78 is 17.4. The van der Waals surface area contributed by atoms with Gasteiger partial charge in [-0.05, 0) is 61.2 Å². The highest BCUT2D eigenvalue weighted by atomic mass is 16.6. The van der Waals surface area contributed by atoms with E-state index in [0.29, 0.717) is 22.3 Å². The summed E-state index contributed by atoms with van der Waals surface area (Å²) in [5, 5.41) is 16.7. The van der Waals surface area contributed by atoms with Gasteiger partial charge in [0.1, 0.15) is 5.75 Å².